The molecule has 0 saturated heterocycles. The van der Waals surface area contributed by atoms with Crippen molar-refractivity contribution < 1.29 is 13.7 Å². The van der Waals surface area contributed by atoms with Crippen molar-refractivity contribution in [2.75, 3.05) is 0 Å². The highest BCUT2D eigenvalue weighted by atomic mass is 35.5. The van der Waals surface area contributed by atoms with Crippen molar-refractivity contribution in [1.29, 1.82) is 0 Å². The third-order valence-corrected chi connectivity index (χ3v) is 2.01. The first-order valence-electron chi connectivity index (χ1n) is 3.53. The minimum atomic E-state index is -2.84. The first kappa shape index (κ1) is 10.8. The van der Waals surface area contributed by atoms with Gasteiger partial charge in [-0.2, -0.15) is 0 Å². The Kier molecular flexibility index (Phi) is 2.95. The fourth-order valence-corrected chi connectivity index (χ4v) is 1.06. The van der Waals surface area contributed by atoms with E-state index in [0.29, 0.717) is 0 Å². The first-order valence-corrected chi connectivity index (χ1v) is 3.91. The Hall–Kier alpha value is -1.30. The monoisotopic (exact) mass is 222 g/mol. The van der Waals surface area contributed by atoms with Crippen molar-refractivity contribution in [2.24, 2.45) is 0 Å². The van der Waals surface area contributed by atoms with Gasteiger partial charge in [0.05, 0.1) is 0 Å². The molecule has 0 spiro atoms. The highest BCUT2D eigenvalue weighted by Crippen LogP contribution is 2.29. The van der Waals surface area contributed by atoms with E-state index in [4.69, 9.17) is 11.6 Å². The maximum Gasteiger partial charge on any atom is 0.383 e. The summed E-state index contributed by atoms with van der Waals surface area (Å²) in [6.07, 6.45) is -2.84. The zero-order valence-electron chi connectivity index (χ0n) is 7.00. The molecular formula is C7H5ClF2N2O2. The third kappa shape index (κ3) is 1.95. The Morgan fingerprint density at radius 1 is 1.64 bits per heavy atom. The van der Waals surface area contributed by atoms with Crippen LogP contribution in [0.25, 0.3) is 0 Å². The summed E-state index contributed by atoms with van der Waals surface area (Å²) >= 11 is 5.52. The van der Waals surface area contributed by atoms with Crippen molar-refractivity contribution in [1.82, 2.24) is 4.98 Å². The SMILES string of the molecule is Cc1cc(C(F)F)nc([N+](=O)[O-])c1Cl. The van der Waals surface area contributed by atoms with Gasteiger partial charge in [0.15, 0.2) is 0 Å². The average molecular weight is 223 g/mol. The van der Waals surface area contributed by atoms with E-state index in [1.165, 1.54) is 6.92 Å². The number of aryl methyl sites for hydroxylation is 1. The minimum Gasteiger partial charge on any atom is -0.358 e. The van der Waals surface area contributed by atoms with Crippen molar-refractivity contribution >= 4 is 17.4 Å². The third-order valence-electron chi connectivity index (χ3n) is 1.54. The molecule has 0 fully saturated rings. The van der Waals surface area contributed by atoms with Crippen LogP contribution in [0.15, 0.2) is 6.07 Å². The molecule has 0 N–H and O–H groups in total. The Balaban J connectivity index is 3.35. The lowest BCUT2D eigenvalue weighted by atomic mass is 10.2. The lowest BCUT2D eigenvalue weighted by Crippen LogP contribution is -1.99. The highest BCUT2D eigenvalue weighted by molar-refractivity contribution is 6.33. The smallest absolute Gasteiger partial charge is 0.358 e. The number of nitrogens with zero attached hydrogens (tertiary/aromatic N) is 2. The van der Waals surface area contributed by atoms with Gasteiger partial charge in [0.2, 0.25) is 5.69 Å². The van der Waals surface area contributed by atoms with E-state index in [1.54, 1.807) is 0 Å². The Morgan fingerprint density at radius 3 is 2.64 bits per heavy atom. The highest BCUT2D eigenvalue weighted by Gasteiger charge is 2.23. The molecule has 0 atom stereocenters. The van der Waals surface area contributed by atoms with Gasteiger partial charge in [0, 0.05) is 0 Å². The molecule has 76 valence electrons. The molecule has 7 heteroatoms. The second kappa shape index (κ2) is 3.83. The number of halogens is 3. The van der Waals surface area contributed by atoms with Crippen molar-refractivity contribution in [3.63, 3.8) is 0 Å². The summed E-state index contributed by atoms with van der Waals surface area (Å²) in [5.74, 6) is -0.734. The molecule has 0 unspecified atom stereocenters. The van der Waals surface area contributed by atoms with Gasteiger partial charge in [-0.25, -0.2) is 8.78 Å². The predicted octanol–water partition coefficient (Wildman–Crippen LogP) is 2.89. The van der Waals surface area contributed by atoms with Gasteiger partial charge in [-0.05, 0) is 28.5 Å². The van der Waals surface area contributed by atoms with Crippen LogP contribution in [0, 0.1) is 17.0 Å². The normalized spacial score (nSPS) is 10.6. The van der Waals surface area contributed by atoms with Crippen molar-refractivity contribution in [3.05, 3.63) is 32.5 Å². The Bertz CT molecular complexity index is 384. The second-order valence-electron chi connectivity index (χ2n) is 2.56. The lowest BCUT2D eigenvalue weighted by molar-refractivity contribution is -0.389. The Labute approximate surface area is 82.7 Å². The van der Waals surface area contributed by atoms with Crippen LogP contribution in [-0.4, -0.2) is 9.91 Å². The van der Waals surface area contributed by atoms with Crippen LogP contribution in [0.3, 0.4) is 0 Å². The van der Waals surface area contributed by atoms with E-state index in [1.807, 2.05) is 0 Å². The quantitative estimate of drug-likeness (QED) is 0.571. The molecule has 14 heavy (non-hydrogen) atoms. The summed E-state index contributed by atoms with van der Waals surface area (Å²) in [7, 11) is 0. The Morgan fingerprint density at radius 2 is 2.21 bits per heavy atom. The molecule has 0 amide bonds. The summed E-state index contributed by atoms with van der Waals surface area (Å²) in [4.78, 5) is 12.6. The van der Waals surface area contributed by atoms with Crippen LogP contribution < -0.4 is 0 Å². The average Bonchev–Trinajstić information content (AvgIpc) is 2.08. The first-order chi connectivity index (χ1) is 6.43. The fraction of sp³-hybridized carbons (Fsp3) is 0.286. The largest absolute Gasteiger partial charge is 0.383 e. The van der Waals surface area contributed by atoms with Gasteiger partial charge in [-0.1, -0.05) is 11.6 Å². The second-order valence-corrected chi connectivity index (χ2v) is 2.94. The van der Waals surface area contributed by atoms with Crippen LogP contribution in [0.5, 0.6) is 0 Å². The number of alkyl halides is 2. The number of hydrogen-bond donors (Lipinski definition) is 0. The minimum absolute atomic E-state index is 0.209. The molecule has 0 aliphatic heterocycles. The van der Waals surface area contributed by atoms with Gasteiger partial charge < -0.3 is 10.1 Å². The predicted molar refractivity (Wildman–Crippen MR) is 45.6 cm³/mol. The van der Waals surface area contributed by atoms with Crippen molar-refractivity contribution in [2.45, 2.75) is 13.3 Å². The van der Waals surface area contributed by atoms with E-state index < -0.39 is 22.9 Å². The summed E-state index contributed by atoms with van der Waals surface area (Å²) in [5, 5.41) is 10.2. The lowest BCUT2D eigenvalue weighted by Gasteiger charge is -2.00. The maximum absolute atomic E-state index is 12.2. The molecule has 0 bridgehead atoms. The van der Waals surface area contributed by atoms with Gasteiger partial charge in [-0.3, -0.25) is 0 Å². The van der Waals surface area contributed by atoms with Gasteiger partial charge in [0.1, 0.15) is 5.02 Å². The summed E-state index contributed by atoms with van der Waals surface area (Å²) < 4.78 is 24.4. The van der Waals surface area contributed by atoms with Crippen molar-refractivity contribution in [3.8, 4) is 0 Å². The summed E-state index contributed by atoms with van der Waals surface area (Å²) in [6, 6.07) is 1.03. The molecule has 0 aromatic carbocycles. The van der Waals surface area contributed by atoms with Crippen LogP contribution in [0.4, 0.5) is 14.6 Å². The number of hydrogen-bond acceptors (Lipinski definition) is 3. The van der Waals surface area contributed by atoms with Gasteiger partial charge in [0.25, 0.3) is 0 Å². The molecule has 0 radical (unpaired) electrons. The molecule has 0 aliphatic rings. The molecule has 0 saturated carbocycles. The number of nitro groups is 1. The topological polar surface area (TPSA) is 56.0 Å². The molecule has 1 heterocycles. The standard InChI is InChI=1S/C7H5ClF2N2O2/c1-3-2-4(6(9)10)11-7(5(3)8)12(13)14/h2,6H,1H3. The molecule has 0 aliphatic carbocycles. The molecular weight excluding hydrogens is 218 g/mol. The van der Waals surface area contributed by atoms with E-state index in [9.17, 15) is 18.9 Å². The van der Waals surface area contributed by atoms with Crippen LogP contribution in [-0.2, 0) is 0 Å². The number of pyridine rings is 1. The van der Waals surface area contributed by atoms with E-state index in [-0.39, 0.29) is 10.6 Å². The van der Waals surface area contributed by atoms with E-state index in [2.05, 4.69) is 4.98 Å². The zero-order chi connectivity index (χ0) is 10.9. The molecule has 1 aromatic heterocycles. The fourth-order valence-electron chi connectivity index (χ4n) is 0.898. The van der Waals surface area contributed by atoms with Gasteiger partial charge in [-0.15, -0.1) is 0 Å². The number of aromatic nitrogens is 1. The number of rotatable bonds is 2. The van der Waals surface area contributed by atoms with E-state index in [0.717, 1.165) is 6.07 Å². The zero-order valence-corrected chi connectivity index (χ0v) is 7.76. The van der Waals surface area contributed by atoms with Crippen LogP contribution >= 0.6 is 11.6 Å². The van der Waals surface area contributed by atoms with Gasteiger partial charge >= 0.3 is 12.2 Å². The maximum atomic E-state index is 12.2. The summed E-state index contributed by atoms with van der Waals surface area (Å²) in [5.41, 5.74) is -0.428. The molecule has 4 nitrogen and oxygen atoms in total. The van der Waals surface area contributed by atoms with Crippen LogP contribution in [0.2, 0.25) is 5.02 Å². The summed E-state index contributed by atoms with van der Waals surface area (Å²) in [6.45, 7) is 1.41. The molecule has 1 aromatic rings. The molecule has 1 rings (SSSR count). The van der Waals surface area contributed by atoms with E-state index >= 15 is 0 Å². The van der Waals surface area contributed by atoms with Crippen LogP contribution in [0.1, 0.15) is 17.7 Å².